The molecule has 2 amide bonds. The van der Waals surface area contributed by atoms with Crippen molar-refractivity contribution in [1.29, 1.82) is 0 Å². The minimum atomic E-state index is -0.0105. The second-order valence-corrected chi connectivity index (χ2v) is 9.18. The standard InChI is InChI=1S/C25H37N5O/c1-16(2)21-10-8-11-22(17(3)4)23(21)28-25(31)30-13-9-12-29(14-15-30)24-18(5)19(6)26-20(7)27-24/h8,10-11,16-17H,9,12-15H2,1-7H3,(H,28,31). The fourth-order valence-corrected chi connectivity index (χ4v) is 4.27. The number of carbonyl (C=O) groups excluding carboxylic acids is 1. The summed E-state index contributed by atoms with van der Waals surface area (Å²) >= 11 is 0. The molecule has 1 aromatic carbocycles. The van der Waals surface area contributed by atoms with E-state index in [9.17, 15) is 4.79 Å². The molecule has 2 heterocycles. The number of aryl methyl sites for hydroxylation is 2. The topological polar surface area (TPSA) is 61.4 Å². The highest BCUT2D eigenvalue weighted by atomic mass is 16.2. The van der Waals surface area contributed by atoms with Gasteiger partial charge in [-0.2, -0.15) is 0 Å². The molecule has 2 aromatic rings. The molecule has 0 atom stereocenters. The summed E-state index contributed by atoms with van der Waals surface area (Å²) in [5.41, 5.74) is 5.51. The molecular formula is C25H37N5O. The Morgan fingerprint density at radius 1 is 0.935 bits per heavy atom. The molecule has 0 radical (unpaired) electrons. The SMILES string of the molecule is Cc1nc(C)c(C)c(N2CCCN(C(=O)Nc3c(C(C)C)cccc3C(C)C)CC2)n1. The molecule has 6 heteroatoms. The number of hydrogen-bond donors (Lipinski definition) is 1. The second-order valence-electron chi connectivity index (χ2n) is 9.18. The largest absolute Gasteiger partial charge is 0.354 e. The molecule has 31 heavy (non-hydrogen) atoms. The molecule has 0 bridgehead atoms. The minimum Gasteiger partial charge on any atom is -0.354 e. The first-order valence-electron chi connectivity index (χ1n) is 11.4. The molecule has 1 N–H and O–H groups in total. The molecule has 3 rings (SSSR count). The number of carbonyl (C=O) groups is 1. The van der Waals surface area contributed by atoms with Crippen LogP contribution in [0.3, 0.4) is 0 Å². The lowest BCUT2D eigenvalue weighted by atomic mass is 9.93. The van der Waals surface area contributed by atoms with Crippen molar-refractivity contribution in [2.24, 2.45) is 0 Å². The van der Waals surface area contributed by atoms with Gasteiger partial charge in [-0.25, -0.2) is 14.8 Å². The van der Waals surface area contributed by atoms with Gasteiger partial charge in [0.2, 0.25) is 0 Å². The Balaban J connectivity index is 1.77. The molecule has 0 unspecified atom stereocenters. The van der Waals surface area contributed by atoms with E-state index in [-0.39, 0.29) is 6.03 Å². The van der Waals surface area contributed by atoms with Crippen LogP contribution >= 0.6 is 0 Å². The van der Waals surface area contributed by atoms with Gasteiger partial charge in [0, 0.05) is 43.1 Å². The molecule has 0 aliphatic carbocycles. The Bertz CT molecular complexity index is 911. The van der Waals surface area contributed by atoms with Gasteiger partial charge in [-0.3, -0.25) is 0 Å². The van der Waals surface area contributed by atoms with E-state index in [1.165, 1.54) is 11.1 Å². The fraction of sp³-hybridized carbons (Fsp3) is 0.560. The molecule has 0 saturated carbocycles. The summed E-state index contributed by atoms with van der Waals surface area (Å²) in [7, 11) is 0. The Labute approximate surface area is 187 Å². The summed E-state index contributed by atoms with van der Waals surface area (Å²) in [6, 6.07) is 6.33. The molecule has 1 aliphatic rings. The smallest absolute Gasteiger partial charge is 0.321 e. The van der Waals surface area contributed by atoms with Gasteiger partial charge >= 0.3 is 6.03 Å². The van der Waals surface area contributed by atoms with E-state index in [1.807, 2.05) is 18.7 Å². The molecule has 1 fully saturated rings. The van der Waals surface area contributed by atoms with Gasteiger partial charge in [0.1, 0.15) is 11.6 Å². The van der Waals surface area contributed by atoms with Crippen molar-refractivity contribution in [2.45, 2.75) is 66.7 Å². The van der Waals surface area contributed by atoms with Crippen molar-refractivity contribution >= 4 is 17.5 Å². The van der Waals surface area contributed by atoms with Crippen LogP contribution in [0.5, 0.6) is 0 Å². The van der Waals surface area contributed by atoms with E-state index < -0.39 is 0 Å². The van der Waals surface area contributed by atoms with Crippen LogP contribution in [0, 0.1) is 20.8 Å². The third-order valence-electron chi connectivity index (χ3n) is 6.16. The number of hydrogen-bond acceptors (Lipinski definition) is 4. The summed E-state index contributed by atoms with van der Waals surface area (Å²) < 4.78 is 0. The first-order valence-corrected chi connectivity index (χ1v) is 11.4. The Morgan fingerprint density at radius 3 is 2.19 bits per heavy atom. The number of nitrogens with zero attached hydrogens (tertiary/aromatic N) is 4. The molecule has 6 nitrogen and oxygen atoms in total. The van der Waals surface area contributed by atoms with Gasteiger partial charge in [0.05, 0.1) is 0 Å². The maximum atomic E-state index is 13.3. The van der Waals surface area contributed by atoms with E-state index in [0.717, 1.165) is 54.6 Å². The number of nitrogens with one attached hydrogen (secondary N) is 1. The van der Waals surface area contributed by atoms with Crippen molar-refractivity contribution in [3.05, 3.63) is 46.4 Å². The van der Waals surface area contributed by atoms with Crippen molar-refractivity contribution in [2.75, 3.05) is 36.4 Å². The van der Waals surface area contributed by atoms with Crippen LogP contribution in [0.1, 0.15) is 74.2 Å². The molecule has 1 aliphatic heterocycles. The summed E-state index contributed by atoms with van der Waals surface area (Å²) in [4.78, 5) is 26.7. The number of para-hydroxylation sites is 1. The van der Waals surface area contributed by atoms with E-state index in [1.54, 1.807) is 0 Å². The maximum Gasteiger partial charge on any atom is 0.321 e. The van der Waals surface area contributed by atoms with E-state index >= 15 is 0 Å². The molecule has 1 saturated heterocycles. The van der Waals surface area contributed by atoms with Gasteiger partial charge < -0.3 is 15.1 Å². The summed E-state index contributed by atoms with van der Waals surface area (Å²) in [5, 5.41) is 3.27. The van der Waals surface area contributed by atoms with Gasteiger partial charge in [-0.15, -0.1) is 0 Å². The van der Waals surface area contributed by atoms with Gasteiger partial charge in [-0.05, 0) is 50.2 Å². The third kappa shape index (κ3) is 5.17. The monoisotopic (exact) mass is 423 g/mol. The lowest BCUT2D eigenvalue weighted by Gasteiger charge is -2.26. The minimum absolute atomic E-state index is 0.0105. The first-order chi connectivity index (χ1) is 14.7. The highest BCUT2D eigenvalue weighted by Gasteiger charge is 2.23. The Morgan fingerprint density at radius 2 is 1.58 bits per heavy atom. The number of rotatable bonds is 4. The van der Waals surface area contributed by atoms with Crippen molar-refractivity contribution in [3.8, 4) is 0 Å². The zero-order valence-corrected chi connectivity index (χ0v) is 20.1. The summed E-state index contributed by atoms with van der Waals surface area (Å²) in [6.07, 6.45) is 0.915. The summed E-state index contributed by atoms with van der Waals surface area (Å²) in [6.45, 7) is 17.8. The van der Waals surface area contributed by atoms with E-state index in [4.69, 9.17) is 4.98 Å². The van der Waals surface area contributed by atoms with Crippen LogP contribution in [0.4, 0.5) is 16.3 Å². The zero-order chi connectivity index (χ0) is 22.7. The molecule has 0 spiro atoms. The van der Waals surface area contributed by atoms with Crippen LogP contribution in [0.15, 0.2) is 18.2 Å². The summed E-state index contributed by atoms with van der Waals surface area (Å²) in [5.74, 6) is 2.49. The van der Waals surface area contributed by atoms with Gasteiger partial charge in [0.25, 0.3) is 0 Å². The number of benzene rings is 1. The fourth-order valence-electron chi connectivity index (χ4n) is 4.27. The second kappa shape index (κ2) is 9.67. The Hall–Kier alpha value is -2.63. The van der Waals surface area contributed by atoms with Gasteiger partial charge in [-0.1, -0.05) is 45.9 Å². The Kier molecular flexibility index (Phi) is 7.19. The van der Waals surface area contributed by atoms with Crippen molar-refractivity contribution in [3.63, 3.8) is 0 Å². The highest BCUT2D eigenvalue weighted by Crippen LogP contribution is 2.32. The predicted molar refractivity (Wildman–Crippen MR) is 128 cm³/mol. The number of amides is 2. The number of aromatic nitrogens is 2. The van der Waals surface area contributed by atoms with E-state index in [2.05, 4.69) is 68.0 Å². The van der Waals surface area contributed by atoms with Crippen LogP contribution in [0.25, 0.3) is 0 Å². The highest BCUT2D eigenvalue weighted by molar-refractivity contribution is 5.91. The van der Waals surface area contributed by atoms with Crippen LogP contribution in [-0.4, -0.2) is 47.1 Å². The maximum absolute atomic E-state index is 13.3. The van der Waals surface area contributed by atoms with Crippen LogP contribution < -0.4 is 10.2 Å². The van der Waals surface area contributed by atoms with Crippen LogP contribution in [-0.2, 0) is 0 Å². The normalized spacial score (nSPS) is 14.9. The van der Waals surface area contributed by atoms with Crippen molar-refractivity contribution in [1.82, 2.24) is 14.9 Å². The van der Waals surface area contributed by atoms with Crippen molar-refractivity contribution < 1.29 is 4.79 Å². The first kappa shape index (κ1) is 23.0. The number of anilines is 2. The third-order valence-corrected chi connectivity index (χ3v) is 6.16. The average molecular weight is 424 g/mol. The zero-order valence-electron chi connectivity index (χ0n) is 20.1. The number of urea groups is 1. The van der Waals surface area contributed by atoms with Crippen LogP contribution in [0.2, 0.25) is 0 Å². The predicted octanol–water partition coefficient (Wildman–Crippen LogP) is 5.39. The molecule has 168 valence electrons. The van der Waals surface area contributed by atoms with Gasteiger partial charge in [0.15, 0.2) is 0 Å². The van der Waals surface area contributed by atoms with E-state index in [0.29, 0.717) is 18.4 Å². The molecular weight excluding hydrogens is 386 g/mol. The molecule has 1 aromatic heterocycles. The average Bonchev–Trinajstić information content (AvgIpc) is 2.96. The quantitative estimate of drug-likeness (QED) is 0.716. The lowest BCUT2D eigenvalue weighted by molar-refractivity contribution is 0.215. The lowest BCUT2D eigenvalue weighted by Crippen LogP contribution is -2.38.